The number of unbranched alkanes of at least 4 members (excludes halogenated alkanes) is 4. The molecule has 0 fully saturated rings. The number of rotatable bonds is 9. The Morgan fingerprint density at radius 1 is 1.13 bits per heavy atom. The van der Waals surface area contributed by atoms with Gasteiger partial charge < -0.3 is 11.1 Å². The van der Waals surface area contributed by atoms with Crippen molar-refractivity contribution in [3.63, 3.8) is 0 Å². The Labute approximate surface area is 143 Å². The molecule has 84 valence electrons. The van der Waals surface area contributed by atoms with Crippen LogP contribution in [0.4, 0.5) is 0 Å². The van der Waals surface area contributed by atoms with Crippen molar-refractivity contribution in [2.75, 3.05) is 13.1 Å². The van der Waals surface area contributed by atoms with Gasteiger partial charge in [-0.3, -0.25) is 4.79 Å². The van der Waals surface area contributed by atoms with Crippen molar-refractivity contribution < 1.29 is 63.0 Å². The molecule has 0 aliphatic carbocycles. The summed E-state index contributed by atoms with van der Waals surface area (Å²) in [5.41, 5.74) is 6.94. The van der Waals surface area contributed by atoms with E-state index in [9.17, 15) is 4.79 Å². The molecule has 0 bridgehead atoms. The first-order valence-electron chi connectivity index (χ1n) is 5.72. The van der Waals surface area contributed by atoms with E-state index in [2.05, 4.69) is 12.2 Å². The van der Waals surface area contributed by atoms with Crippen molar-refractivity contribution in [1.29, 1.82) is 0 Å². The normalized spacial score (nSPS) is 9.47. The third-order valence-corrected chi connectivity index (χ3v) is 2.18. The first-order valence-corrected chi connectivity index (χ1v) is 5.72. The standard InChI is InChI=1S/C11H23N2O.Rb/c1-2-3-7-10-13-11(14)8-5-4-6-9-12;/h12H,2-10H2,1H3,(H,13,14);/q-1;+1. The molecule has 0 aliphatic rings. The Balaban J connectivity index is 0. The number of carbonyl (C=O) groups is 1. The molecule has 0 radical (unpaired) electrons. The van der Waals surface area contributed by atoms with E-state index in [0.717, 1.165) is 32.2 Å². The van der Waals surface area contributed by atoms with Crippen molar-refractivity contribution in [2.45, 2.75) is 51.9 Å². The summed E-state index contributed by atoms with van der Waals surface area (Å²) >= 11 is 0. The molecular formula is C11H23N2ORb. The van der Waals surface area contributed by atoms with Gasteiger partial charge in [-0.15, -0.1) is 0 Å². The summed E-state index contributed by atoms with van der Waals surface area (Å²) in [7, 11) is 0. The second kappa shape index (κ2) is 15.2. The van der Waals surface area contributed by atoms with E-state index in [1.54, 1.807) is 0 Å². The van der Waals surface area contributed by atoms with Gasteiger partial charge in [0.25, 0.3) is 0 Å². The van der Waals surface area contributed by atoms with Gasteiger partial charge in [-0.1, -0.05) is 32.6 Å². The summed E-state index contributed by atoms with van der Waals surface area (Å²) in [6, 6.07) is 0. The minimum atomic E-state index is 0. The van der Waals surface area contributed by atoms with Crippen LogP contribution in [-0.4, -0.2) is 19.0 Å². The summed E-state index contributed by atoms with van der Waals surface area (Å²) in [6.07, 6.45) is 6.97. The summed E-state index contributed by atoms with van der Waals surface area (Å²) < 4.78 is 0. The average Bonchev–Trinajstić information content (AvgIpc) is 2.19. The molecule has 0 aliphatic heterocycles. The molecule has 0 aromatic carbocycles. The van der Waals surface area contributed by atoms with E-state index in [4.69, 9.17) is 5.73 Å². The van der Waals surface area contributed by atoms with Crippen LogP contribution in [0.3, 0.4) is 0 Å². The monoisotopic (exact) mass is 284 g/mol. The summed E-state index contributed by atoms with van der Waals surface area (Å²) in [4.78, 5) is 11.2. The number of nitrogens with one attached hydrogen (secondary N) is 2. The fourth-order valence-electron chi connectivity index (χ4n) is 1.28. The zero-order valence-electron chi connectivity index (χ0n) is 10.3. The maximum atomic E-state index is 11.2. The molecular weight excluding hydrogens is 262 g/mol. The Kier molecular flexibility index (Phi) is 18.9. The van der Waals surface area contributed by atoms with Crippen LogP contribution in [0.1, 0.15) is 51.9 Å². The topological polar surface area (TPSA) is 52.9 Å². The predicted octanol–water partition coefficient (Wildman–Crippen LogP) is -0.0906. The Morgan fingerprint density at radius 2 is 1.87 bits per heavy atom. The number of hydrogen-bond acceptors (Lipinski definition) is 1. The Bertz CT molecular complexity index is 129. The largest absolute Gasteiger partial charge is 1.00 e. The number of amides is 1. The molecule has 0 saturated carbocycles. The van der Waals surface area contributed by atoms with Gasteiger partial charge in [0, 0.05) is 13.0 Å². The zero-order valence-corrected chi connectivity index (χ0v) is 15.2. The molecule has 0 unspecified atom stereocenters. The van der Waals surface area contributed by atoms with Crippen LogP contribution in [0, 0.1) is 0 Å². The number of carbonyl (C=O) groups excluding carboxylic acids is 1. The second-order valence-corrected chi connectivity index (χ2v) is 3.62. The van der Waals surface area contributed by atoms with Gasteiger partial charge in [-0.05, 0) is 12.8 Å². The van der Waals surface area contributed by atoms with Crippen LogP contribution in [0.15, 0.2) is 0 Å². The summed E-state index contributed by atoms with van der Waals surface area (Å²) in [5, 5.41) is 2.91. The fraction of sp³-hybridized carbons (Fsp3) is 0.909. The maximum absolute atomic E-state index is 11.2. The SMILES string of the molecule is CCCCCNC(=O)CCCCC[NH-].[Rb+]. The van der Waals surface area contributed by atoms with Gasteiger partial charge in [-0.25, -0.2) is 0 Å². The number of hydrogen-bond donors (Lipinski definition) is 1. The van der Waals surface area contributed by atoms with E-state index in [1.807, 2.05) is 0 Å². The summed E-state index contributed by atoms with van der Waals surface area (Å²) in [6.45, 7) is 3.46. The molecule has 4 heteroatoms. The molecule has 0 aromatic heterocycles. The molecule has 3 nitrogen and oxygen atoms in total. The molecule has 0 atom stereocenters. The third-order valence-electron chi connectivity index (χ3n) is 2.18. The quantitative estimate of drug-likeness (QED) is 0.591. The van der Waals surface area contributed by atoms with Crippen LogP contribution in [0.25, 0.3) is 5.73 Å². The minimum absolute atomic E-state index is 0. The van der Waals surface area contributed by atoms with Gasteiger partial charge in [0.15, 0.2) is 0 Å². The van der Waals surface area contributed by atoms with Gasteiger partial charge >= 0.3 is 58.2 Å². The van der Waals surface area contributed by atoms with Crippen LogP contribution < -0.4 is 63.5 Å². The van der Waals surface area contributed by atoms with Gasteiger partial charge in [0.2, 0.25) is 5.91 Å². The van der Waals surface area contributed by atoms with E-state index in [0.29, 0.717) is 13.0 Å². The molecule has 0 spiro atoms. The van der Waals surface area contributed by atoms with Crippen LogP contribution in [0.2, 0.25) is 0 Å². The van der Waals surface area contributed by atoms with Crippen molar-refractivity contribution >= 4 is 5.91 Å². The van der Waals surface area contributed by atoms with Gasteiger partial charge in [-0.2, -0.15) is 6.54 Å². The van der Waals surface area contributed by atoms with Crippen molar-refractivity contribution in [3.8, 4) is 0 Å². The van der Waals surface area contributed by atoms with E-state index in [-0.39, 0.29) is 64.1 Å². The van der Waals surface area contributed by atoms with Crippen molar-refractivity contribution in [2.24, 2.45) is 0 Å². The van der Waals surface area contributed by atoms with Crippen molar-refractivity contribution in [3.05, 3.63) is 5.73 Å². The molecule has 0 aromatic rings. The van der Waals surface area contributed by atoms with Crippen molar-refractivity contribution in [1.82, 2.24) is 5.32 Å². The second-order valence-electron chi connectivity index (χ2n) is 3.62. The molecule has 2 N–H and O–H groups in total. The van der Waals surface area contributed by atoms with E-state index >= 15 is 0 Å². The Morgan fingerprint density at radius 3 is 2.47 bits per heavy atom. The molecule has 0 rings (SSSR count). The Hall–Kier alpha value is 1.24. The van der Waals surface area contributed by atoms with Crippen LogP contribution in [-0.2, 0) is 4.79 Å². The molecule has 0 heterocycles. The van der Waals surface area contributed by atoms with Gasteiger partial charge in [0.1, 0.15) is 0 Å². The first kappa shape index (κ1) is 18.6. The summed E-state index contributed by atoms with van der Waals surface area (Å²) in [5.74, 6) is 0.172. The zero-order chi connectivity index (χ0) is 10.6. The molecule has 15 heavy (non-hydrogen) atoms. The third kappa shape index (κ3) is 15.2. The predicted molar refractivity (Wildman–Crippen MR) is 60.2 cm³/mol. The smallest absolute Gasteiger partial charge is 0.677 e. The minimum Gasteiger partial charge on any atom is -0.677 e. The first-order chi connectivity index (χ1) is 6.81. The van der Waals surface area contributed by atoms with Crippen LogP contribution >= 0.6 is 0 Å². The molecule has 1 amide bonds. The average molecular weight is 285 g/mol. The molecule has 0 saturated heterocycles. The van der Waals surface area contributed by atoms with Gasteiger partial charge in [0.05, 0.1) is 0 Å². The van der Waals surface area contributed by atoms with E-state index < -0.39 is 0 Å². The fourth-order valence-corrected chi connectivity index (χ4v) is 1.28. The van der Waals surface area contributed by atoms with E-state index in [1.165, 1.54) is 12.8 Å². The van der Waals surface area contributed by atoms with Crippen LogP contribution in [0.5, 0.6) is 0 Å². The maximum Gasteiger partial charge on any atom is 1.00 e.